The molecule has 1 saturated heterocycles. The van der Waals surface area contributed by atoms with Crippen molar-refractivity contribution in [3.8, 4) is 0 Å². The minimum atomic E-state index is 0.130. The van der Waals surface area contributed by atoms with Gasteiger partial charge in [0, 0.05) is 36.0 Å². The van der Waals surface area contributed by atoms with E-state index in [-0.39, 0.29) is 5.91 Å². The molecule has 2 fully saturated rings. The maximum atomic E-state index is 12.7. The van der Waals surface area contributed by atoms with Crippen LogP contribution >= 0.6 is 22.9 Å². The molecule has 2 aromatic heterocycles. The van der Waals surface area contributed by atoms with Crippen molar-refractivity contribution in [2.75, 3.05) is 13.1 Å². The Labute approximate surface area is 137 Å². The first-order chi connectivity index (χ1) is 10.7. The summed E-state index contributed by atoms with van der Waals surface area (Å²) >= 11 is 3.04. The van der Waals surface area contributed by atoms with Crippen molar-refractivity contribution in [2.24, 2.45) is 0 Å². The summed E-state index contributed by atoms with van der Waals surface area (Å²) in [6.45, 7) is 3.71. The van der Waals surface area contributed by atoms with E-state index >= 15 is 0 Å². The Bertz CT molecular complexity index is 683. The van der Waals surface area contributed by atoms with E-state index in [9.17, 15) is 4.79 Å². The molecule has 0 bridgehead atoms. The fraction of sp³-hybridized carbons (Fsp3) is 0.600. The van der Waals surface area contributed by atoms with Crippen LogP contribution in [0.4, 0.5) is 0 Å². The molecule has 5 nitrogen and oxygen atoms in total. The zero-order valence-electron chi connectivity index (χ0n) is 12.5. The lowest BCUT2D eigenvalue weighted by molar-refractivity contribution is 0.0716. The van der Waals surface area contributed by atoms with Gasteiger partial charge in [-0.05, 0) is 44.1 Å². The number of piperidine rings is 1. The Morgan fingerprint density at radius 3 is 2.64 bits per heavy atom. The summed E-state index contributed by atoms with van der Waals surface area (Å²) in [4.78, 5) is 21.2. The van der Waals surface area contributed by atoms with Crippen LogP contribution in [0.15, 0.2) is 6.20 Å². The molecule has 0 radical (unpaired) electrons. The smallest absolute Gasteiger partial charge is 0.267 e. The summed E-state index contributed by atoms with van der Waals surface area (Å²) in [6.07, 6.45) is 6.25. The number of hydrogen-bond donors (Lipinski definition) is 0. The largest absolute Gasteiger partial charge is 0.338 e. The van der Waals surface area contributed by atoms with Crippen molar-refractivity contribution >= 4 is 28.8 Å². The lowest BCUT2D eigenvalue weighted by atomic mass is 9.97. The van der Waals surface area contributed by atoms with Gasteiger partial charge in [0.2, 0.25) is 0 Å². The molecule has 0 unspecified atom stereocenters. The number of aryl methyl sites for hydroxylation is 1. The van der Waals surface area contributed by atoms with Crippen LogP contribution < -0.4 is 0 Å². The average molecular weight is 334 g/mol. The monoisotopic (exact) mass is 334 g/mol. The van der Waals surface area contributed by atoms with Crippen molar-refractivity contribution < 1.29 is 4.79 Å². The van der Waals surface area contributed by atoms with Crippen molar-refractivity contribution in [1.82, 2.24) is 19.5 Å². The van der Waals surface area contributed by atoms with Crippen LogP contribution in [0.1, 0.15) is 62.8 Å². The van der Waals surface area contributed by atoms with E-state index < -0.39 is 0 Å². The number of hydrogen-bond acceptors (Lipinski definition) is 6. The van der Waals surface area contributed by atoms with Crippen LogP contribution in [0, 0.1) is 6.92 Å². The Hall–Kier alpha value is -1.34. The zero-order chi connectivity index (χ0) is 15.1. The predicted octanol–water partition coefficient (Wildman–Crippen LogP) is 3.20. The number of nitrogens with zero attached hydrogens (tertiary/aromatic N) is 4. The molecular weight excluding hydrogens is 316 g/mol. The summed E-state index contributed by atoms with van der Waals surface area (Å²) in [5.74, 6) is 1.12. The summed E-state index contributed by atoms with van der Waals surface area (Å²) in [5.41, 5.74) is 0.938. The molecule has 22 heavy (non-hydrogen) atoms. The van der Waals surface area contributed by atoms with Gasteiger partial charge in [-0.1, -0.05) is 4.49 Å². The fourth-order valence-corrected chi connectivity index (χ4v) is 4.67. The maximum Gasteiger partial charge on any atom is 0.267 e. The summed E-state index contributed by atoms with van der Waals surface area (Å²) in [7, 11) is 0. The SMILES string of the molecule is Cc1cnc(C2CCN(C(=O)c3snnc3C3CC3)CC2)s1. The lowest BCUT2D eigenvalue weighted by Gasteiger charge is -2.30. The van der Waals surface area contributed by atoms with Gasteiger partial charge in [-0.15, -0.1) is 16.4 Å². The molecule has 0 spiro atoms. The fourth-order valence-electron chi connectivity index (χ4n) is 3.00. The van der Waals surface area contributed by atoms with E-state index in [1.165, 1.54) is 21.4 Å². The van der Waals surface area contributed by atoms with Crippen LogP contribution in [0.2, 0.25) is 0 Å². The molecule has 0 atom stereocenters. The topological polar surface area (TPSA) is 59.0 Å². The molecule has 7 heteroatoms. The second kappa shape index (κ2) is 5.70. The molecule has 0 aromatic carbocycles. The molecule has 4 rings (SSSR count). The summed E-state index contributed by atoms with van der Waals surface area (Å²) in [5, 5.41) is 5.40. The van der Waals surface area contributed by atoms with Gasteiger partial charge in [0.15, 0.2) is 0 Å². The number of likely N-dealkylation sites (tertiary alicyclic amines) is 1. The van der Waals surface area contributed by atoms with Crippen LogP contribution in [-0.2, 0) is 0 Å². The molecule has 1 amide bonds. The summed E-state index contributed by atoms with van der Waals surface area (Å²) < 4.78 is 4.00. The quantitative estimate of drug-likeness (QED) is 0.865. The van der Waals surface area contributed by atoms with Gasteiger partial charge in [-0.3, -0.25) is 4.79 Å². The van der Waals surface area contributed by atoms with Crippen molar-refractivity contribution in [3.63, 3.8) is 0 Å². The van der Waals surface area contributed by atoms with Crippen molar-refractivity contribution in [3.05, 3.63) is 26.7 Å². The third-order valence-corrected chi connectivity index (χ3v) is 6.25. The first-order valence-corrected chi connectivity index (χ1v) is 9.35. The number of rotatable bonds is 3. The number of carbonyl (C=O) groups excluding carboxylic acids is 1. The molecule has 0 N–H and O–H groups in total. The third-order valence-electron chi connectivity index (χ3n) is 4.44. The minimum absolute atomic E-state index is 0.130. The average Bonchev–Trinajstić information content (AvgIpc) is 3.10. The number of amides is 1. The molecule has 1 saturated carbocycles. The Morgan fingerprint density at radius 2 is 2.00 bits per heavy atom. The van der Waals surface area contributed by atoms with E-state index in [2.05, 4.69) is 21.5 Å². The van der Waals surface area contributed by atoms with Gasteiger partial charge in [0.25, 0.3) is 5.91 Å². The zero-order valence-corrected chi connectivity index (χ0v) is 14.1. The highest BCUT2D eigenvalue weighted by atomic mass is 32.1. The van der Waals surface area contributed by atoms with E-state index in [0.717, 1.165) is 49.3 Å². The highest BCUT2D eigenvalue weighted by Gasteiger charge is 2.34. The Balaban J connectivity index is 1.42. The minimum Gasteiger partial charge on any atom is -0.338 e. The molecule has 2 aliphatic rings. The van der Waals surface area contributed by atoms with Crippen LogP contribution in [0.25, 0.3) is 0 Å². The normalized spacial score (nSPS) is 19.6. The molecule has 1 aliphatic heterocycles. The van der Waals surface area contributed by atoms with E-state index in [4.69, 9.17) is 0 Å². The van der Waals surface area contributed by atoms with Gasteiger partial charge < -0.3 is 4.90 Å². The van der Waals surface area contributed by atoms with E-state index in [0.29, 0.717) is 11.8 Å². The van der Waals surface area contributed by atoms with E-state index in [1.807, 2.05) is 11.1 Å². The van der Waals surface area contributed by atoms with Gasteiger partial charge in [-0.25, -0.2) is 4.98 Å². The molecule has 1 aliphatic carbocycles. The first kappa shape index (κ1) is 14.3. The predicted molar refractivity (Wildman–Crippen MR) is 86.6 cm³/mol. The van der Waals surface area contributed by atoms with E-state index in [1.54, 1.807) is 11.3 Å². The van der Waals surface area contributed by atoms with Gasteiger partial charge >= 0.3 is 0 Å². The number of thiazole rings is 1. The number of carbonyl (C=O) groups is 1. The standard InChI is InChI=1S/C15H18N4OS2/c1-9-8-16-14(21-9)11-4-6-19(7-5-11)15(20)13-12(10-2-3-10)17-18-22-13/h8,10-11H,2-7H2,1H3. The van der Waals surface area contributed by atoms with Crippen LogP contribution in [-0.4, -0.2) is 38.5 Å². The molecule has 3 heterocycles. The third kappa shape index (κ3) is 2.67. The highest BCUT2D eigenvalue weighted by Crippen LogP contribution is 2.41. The second-order valence-corrected chi connectivity index (χ2v) is 8.16. The Morgan fingerprint density at radius 1 is 1.23 bits per heavy atom. The molecular formula is C15H18N4OS2. The van der Waals surface area contributed by atoms with Crippen molar-refractivity contribution in [2.45, 2.75) is 44.4 Å². The van der Waals surface area contributed by atoms with Crippen molar-refractivity contribution in [1.29, 1.82) is 0 Å². The molecule has 2 aromatic rings. The molecule has 116 valence electrons. The lowest BCUT2D eigenvalue weighted by Crippen LogP contribution is -2.37. The first-order valence-electron chi connectivity index (χ1n) is 7.76. The van der Waals surface area contributed by atoms with Gasteiger partial charge in [0.1, 0.15) is 4.88 Å². The maximum absolute atomic E-state index is 12.7. The summed E-state index contributed by atoms with van der Waals surface area (Å²) in [6, 6.07) is 0. The highest BCUT2D eigenvalue weighted by molar-refractivity contribution is 7.11. The second-order valence-electron chi connectivity index (χ2n) is 6.14. The van der Waals surface area contributed by atoms with Gasteiger partial charge in [-0.2, -0.15) is 0 Å². The number of aromatic nitrogens is 3. The Kier molecular flexibility index (Phi) is 3.69. The van der Waals surface area contributed by atoms with Crippen LogP contribution in [0.3, 0.4) is 0 Å². The van der Waals surface area contributed by atoms with Gasteiger partial charge in [0.05, 0.1) is 10.7 Å². The van der Waals surface area contributed by atoms with Crippen LogP contribution in [0.5, 0.6) is 0 Å².